The van der Waals surface area contributed by atoms with Crippen molar-refractivity contribution < 1.29 is 5.11 Å². The van der Waals surface area contributed by atoms with Gasteiger partial charge in [-0.2, -0.15) is 5.10 Å². The van der Waals surface area contributed by atoms with Gasteiger partial charge in [0.05, 0.1) is 11.8 Å². The van der Waals surface area contributed by atoms with E-state index in [1.54, 1.807) is 4.68 Å². The Morgan fingerprint density at radius 2 is 2.05 bits per heavy atom. The number of aromatic nitrogens is 2. The number of hydrogen-bond acceptors (Lipinski definition) is 3. The zero-order valence-corrected chi connectivity index (χ0v) is 14.0. The second-order valence-corrected chi connectivity index (χ2v) is 7.11. The number of aryl methyl sites for hydroxylation is 2. The van der Waals surface area contributed by atoms with Crippen LogP contribution >= 0.6 is 0 Å². The lowest BCUT2D eigenvalue weighted by Gasteiger charge is -2.43. The van der Waals surface area contributed by atoms with E-state index in [2.05, 4.69) is 25.9 Å². The van der Waals surface area contributed by atoms with Crippen LogP contribution in [0, 0.1) is 17.3 Å². The average Bonchev–Trinajstić information content (AvgIpc) is 2.87. The Morgan fingerprint density at radius 3 is 2.52 bits per heavy atom. The third kappa shape index (κ3) is 3.16. The van der Waals surface area contributed by atoms with Gasteiger partial charge in [-0.15, -0.1) is 0 Å². The Morgan fingerprint density at radius 1 is 1.43 bits per heavy atom. The van der Waals surface area contributed by atoms with Gasteiger partial charge in [0.15, 0.2) is 0 Å². The second-order valence-electron chi connectivity index (χ2n) is 7.11. The van der Waals surface area contributed by atoms with Crippen LogP contribution in [0.4, 0.5) is 0 Å². The van der Waals surface area contributed by atoms with E-state index in [0.717, 1.165) is 42.4 Å². The predicted octanol–water partition coefficient (Wildman–Crippen LogP) is 2.81. The van der Waals surface area contributed by atoms with Crippen molar-refractivity contribution in [3.63, 3.8) is 0 Å². The zero-order valence-electron chi connectivity index (χ0n) is 14.0. The van der Waals surface area contributed by atoms with Crippen LogP contribution in [0.5, 0.6) is 0 Å². The number of hydrogen-bond donors (Lipinski definition) is 2. The van der Waals surface area contributed by atoms with Gasteiger partial charge in [0, 0.05) is 30.8 Å². The lowest BCUT2D eigenvalue weighted by Crippen LogP contribution is -2.41. The number of aliphatic hydroxyl groups is 1. The lowest BCUT2D eigenvalue weighted by molar-refractivity contribution is -0.0153. The molecule has 1 aromatic heterocycles. The van der Waals surface area contributed by atoms with Crippen LogP contribution in [-0.4, -0.2) is 21.4 Å². The molecule has 0 aromatic carbocycles. The molecule has 1 heterocycles. The lowest BCUT2D eigenvalue weighted by atomic mass is 9.64. The van der Waals surface area contributed by atoms with Gasteiger partial charge < -0.3 is 10.8 Å². The van der Waals surface area contributed by atoms with Crippen LogP contribution in [0.3, 0.4) is 0 Å². The molecule has 1 aliphatic rings. The number of nitrogens with zero attached hydrogens (tertiary/aromatic N) is 2. The van der Waals surface area contributed by atoms with E-state index in [4.69, 9.17) is 5.73 Å². The Hall–Kier alpha value is -0.870. The molecule has 120 valence electrons. The molecule has 0 radical (unpaired) electrons. The van der Waals surface area contributed by atoms with E-state index in [1.807, 2.05) is 13.2 Å². The summed E-state index contributed by atoms with van der Waals surface area (Å²) in [7, 11) is 1.92. The highest BCUT2D eigenvalue weighted by Gasteiger charge is 2.42. The van der Waals surface area contributed by atoms with E-state index in [9.17, 15) is 5.11 Å². The van der Waals surface area contributed by atoms with Crippen LogP contribution in [0.15, 0.2) is 6.20 Å². The molecule has 1 aliphatic carbocycles. The molecule has 1 saturated carbocycles. The molecule has 1 aromatic rings. The first-order chi connectivity index (χ1) is 9.93. The minimum absolute atomic E-state index is 0.168. The topological polar surface area (TPSA) is 64.1 Å². The quantitative estimate of drug-likeness (QED) is 0.877. The van der Waals surface area contributed by atoms with Gasteiger partial charge in [-0.25, -0.2) is 0 Å². The van der Waals surface area contributed by atoms with Crippen LogP contribution in [0.2, 0.25) is 0 Å². The zero-order chi connectivity index (χ0) is 15.6. The first-order valence-corrected chi connectivity index (χ1v) is 8.34. The van der Waals surface area contributed by atoms with E-state index >= 15 is 0 Å². The highest BCUT2D eigenvalue weighted by Crippen LogP contribution is 2.48. The van der Waals surface area contributed by atoms with Gasteiger partial charge in [-0.1, -0.05) is 20.8 Å². The standard InChI is InChI=1S/C17H31N3O/c1-5-15-14(10-20(4)19-15)16(21)17(11-18)8-6-13(7-9-17)12(2)3/h10,12-13,16,21H,5-9,11,18H2,1-4H3. The molecular weight excluding hydrogens is 262 g/mol. The maximum atomic E-state index is 11.0. The van der Waals surface area contributed by atoms with Crippen molar-refractivity contribution in [3.05, 3.63) is 17.5 Å². The molecule has 1 fully saturated rings. The molecule has 21 heavy (non-hydrogen) atoms. The van der Waals surface area contributed by atoms with Crippen molar-refractivity contribution in [2.75, 3.05) is 6.54 Å². The smallest absolute Gasteiger partial charge is 0.0891 e. The summed E-state index contributed by atoms with van der Waals surface area (Å²) in [6.07, 6.45) is 6.72. The maximum absolute atomic E-state index is 11.0. The summed E-state index contributed by atoms with van der Waals surface area (Å²) in [5, 5.41) is 15.5. The van der Waals surface area contributed by atoms with Crippen molar-refractivity contribution in [2.24, 2.45) is 30.0 Å². The molecule has 0 bridgehead atoms. The van der Waals surface area contributed by atoms with Crippen molar-refractivity contribution in [2.45, 2.75) is 59.0 Å². The molecule has 3 N–H and O–H groups in total. The summed E-state index contributed by atoms with van der Waals surface area (Å²) < 4.78 is 1.81. The van der Waals surface area contributed by atoms with Gasteiger partial charge in [-0.3, -0.25) is 4.68 Å². The van der Waals surface area contributed by atoms with Gasteiger partial charge in [0.1, 0.15) is 0 Å². The SMILES string of the molecule is CCc1nn(C)cc1C(O)C1(CN)CCC(C(C)C)CC1. The van der Waals surface area contributed by atoms with E-state index < -0.39 is 6.10 Å². The van der Waals surface area contributed by atoms with Crippen LogP contribution in [0.25, 0.3) is 0 Å². The Labute approximate surface area is 128 Å². The summed E-state index contributed by atoms with van der Waals surface area (Å²) in [5.41, 5.74) is 7.92. The van der Waals surface area contributed by atoms with Crippen molar-refractivity contribution >= 4 is 0 Å². The molecule has 0 spiro atoms. The fourth-order valence-corrected chi connectivity index (χ4v) is 3.86. The monoisotopic (exact) mass is 293 g/mol. The van der Waals surface area contributed by atoms with Crippen LogP contribution in [-0.2, 0) is 13.5 Å². The summed E-state index contributed by atoms with van der Waals surface area (Å²) in [5.74, 6) is 1.50. The predicted molar refractivity (Wildman–Crippen MR) is 85.8 cm³/mol. The van der Waals surface area contributed by atoms with E-state index in [1.165, 1.54) is 12.8 Å². The third-order valence-electron chi connectivity index (χ3n) is 5.52. The first-order valence-electron chi connectivity index (χ1n) is 8.34. The van der Waals surface area contributed by atoms with Crippen LogP contribution in [0.1, 0.15) is 63.8 Å². The minimum Gasteiger partial charge on any atom is -0.388 e. The minimum atomic E-state index is -0.487. The maximum Gasteiger partial charge on any atom is 0.0891 e. The fourth-order valence-electron chi connectivity index (χ4n) is 3.86. The molecule has 1 unspecified atom stereocenters. The number of nitrogens with two attached hydrogens (primary N) is 1. The van der Waals surface area contributed by atoms with Crippen molar-refractivity contribution in [1.82, 2.24) is 9.78 Å². The molecule has 0 saturated heterocycles. The number of rotatable bonds is 5. The highest BCUT2D eigenvalue weighted by atomic mass is 16.3. The highest BCUT2D eigenvalue weighted by molar-refractivity contribution is 5.23. The second kappa shape index (κ2) is 6.49. The largest absolute Gasteiger partial charge is 0.388 e. The number of aliphatic hydroxyl groups excluding tert-OH is 1. The third-order valence-corrected chi connectivity index (χ3v) is 5.52. The van der Waals surface area contributed by atoms with Gasteiger partial charge in [0.2, 0.25) is 0 Å². The van der Waals surface area contributed by atoms with E-state index in [-0.39, 0.29) is 5.41 Å². The Bertz CT molecular complexity index is 459. The summed E-state index contributed by atoms with van der Waals surface area (Å²) >= 11 is 0. The van der Waals surface area contributed by atoms with Gasteiger partial charge in [-0.05, 0) is 43.9 Å². The van der Waals surface area contributed by atoms with Gasteiger partial charge in [0.25, 0.3) is 0 Å². The fraction of sp³-hybridized carbons (Fsp3) is 0.824. The molecule has 1 atom stereocenters. The summed E-state index contributed by atoms with van der Waals surface area (Å²) in [4.78, 5) is 0. The average molecular weight is 293 g/mol. The molecule has 4 heteroatoms. The molecule has 0 amide bonds. The molecular formula is C17H31N3O. The van der Waals surface area contributed by atoms with E-state index in [0.29, 0.717) is 6.54 Å². The van der Waals surface area contributed by atoms with Crippen molar-refractivity contribution in [1.29, 1.82) is 0 Å². The molecule has 0 aliphatic heterocycles. The molecule has 4 nitrogen and oxygen atoms in total. The Balaban J connectivity index is 2.21. The first kappa shape index (κ1) is 16.5. The Kier molecular flexibility index (Phi) is 5.10. The van der Waals surface area contributed by atoms with Crippen LogP contribution < -0.4 is 5.73 Å². The van der Waals surface area contributed by atoms with Gasteiger partial charge >= 0.3 is 0 Å². The van der Waals surface area contributed by atoms with Crippen molar-refractivity contribution in [3.8, 4) is 0 Å². The molecule has 2 rings (SSSR count). The summed E-state index contributed by atoms with van der Waals surface area (Å²) in [6, 6.07) is 0. The summed E-state index contributed by atoms with van der Waals surface area (Å²) in [6.45, 7) is 7.24. The normalized spacial score (nSPS) is 28.0.